The third-order valence-corrected chi connectivity index (χ3v) is 12.8. The highest BCUT2D eigenvalue weighted by Gasteiger charge is 2.43. The van der Waals surface area contributed by atoms with E-state index in [1.54, 1.807) is 25.2 Å². The van der Waals surface area contributed by atoms with Crippen LogP contribution in [-0.2, 0) is 26.0 Å². The molecule has 3 amide bonds. The summed E-state index contributed by atoms with van der Waals surface area (Å²) in [5.74, 6) is 1.74. The van der Waals surface area contributed by atoms with Gasteiger partial charge < -0.3 is 29.9 Å². The number of nitrogens with one attached hydrogen (secondary N) is 3. The Morgan fingerprint density at radius 3 is 2.31 bits per heavy atom. The molecule has 310 valence electrons. The Morgan fingerprint density at radius 1 is 0.931 bits per heavy atom. The average Bonchev–Trinajstić information content (AvgIpc) is 3.92. The summed E-state index contributed by atoms with van der Waals surface area (Å²) < 4.78 is 14.9. The van der Waals surface area contributed by atoms with Gasteiger partial charge in [0.2, 0.25) is 17.8 Å². The van der Waals surface area contributed by atoms with E-state index in [2.05, 4.69) is 51.7 Å². The van der Waals surface area contributed by atoms with Gasteiger partial charge in [-0.3, -0.25) is 24.0 Å². The fraction of sp³-hybridized carbons (Fsp3) is 0.524. The van der Waals surface area contributed by atoms with Gasteiger partial charge in [-0.05, 0) is 63.4 Å². The summed E-state index contributed by atoms with van der Waals surface area (Å²) in [4.78, 5) is 59.1. The summed E-state index contributed by atoms with van der Waals surface area (Å²) in [5, 5.41) is 7.22. The summed E-state index contributed by atoms with van der Waals surface area (Å²) in [6, 6.07) is 13.0. The Kier molecular flexibility index (Phi) is 12.3. The fourth-order valence-electron chi connectivity index (χ4n) is 8.53. The predicted octanol–water partition coefficient (Wildman–Crippen LogP) is 5.21. The lowest BCUT2D eigenvalue weighted by Crippen LogP contribution is -2.63. The van der Waals surface area contributed by atoms with Crippen LogP contribution >= 0.6 is 0 Å². The molecule has 3 aromatic heterocycles. The molecular formula is C42H57N11O4S. The van der Waals surface area contributed by atoms with Gasteiger partial charge in [0.25, 0.3) is 5.91 Å². The van der Waals surface area contributed by atoms with Crippen LogP contribution in [0, 0.1) is 0 Å². The minimum atomic E-state index is -1.07. The van der Waals surface area contributed by atoms with Crippen LogP contribution in [0.15, 0.2) is 48.8 Å². The number of carbonyl (C=O) groups is 3. The maximum absolute atomic E-state index is 13.0. The molecule has 3 saturated heterocycles. The predicted molar refractivity (Wildman–Crippen MR) is 230 cm³/mol. The molecule has 16 heteroatoms. The Bertz CT molecular complexity index is 2140. The SMILES string of the molecule is CC.CN(C)C(=O)c1cc2cnc(Nc3ccc(N4CCN(C5CN(c6cccc7c6C(C)(C)C(=O)N7)C5)CC4)cn3)nc2n1C1CCCC1.O=C1CCCS(=O)N1. The van der Waals surface area contributed by atoms with Crippen molar-refractivity contribution >= 4 is 68.6 Å². The van der Waals surface area contributed by atoms with Gasteiger partial charge >= 0.3 is 0 Å². The lowest BCUT2D eigenvalue weighted by Gasteiger charge is -2.50. The van der Waals surface area contributed by atoms with Crippen molar-refractivity contribution in [3.63, 3.8) is 0 Å². The fourth-order valence-corrected chi connectivity index (χ4v) is 9.40. The number of benzene rings is 1. The molecule has 15 nitrogen and oxygen atoms in total. The van der Waals surface area contributed by atoms with Crippen LogP contribution in [-0.4, -0.2) is 116 Å². The first-order valence-corrected chi connectivity index (χ1v) is 22.0. The summed E-state index contributed by atoms with van der Waals surface area (Å²) in [7, 11) is 2.50. The minimum Gasteiger partial charge on any atom is -0.368 e. The molecule has 9 rings (SSSR count). The van der Waals surface area contributed by atoms with Crippen molar-refractivity contribution in [1.82, 2.24) is 34.0 Å². The van der Waals surface area contributed by atoms with Crippen molar-refractivity contribution < 1.29 is 18.6 Å². The Balaban J connectivity index is 0.000000454. The molecule has 3 N–H and O–H groups in total. The molecule has 1 saturated carbocycles. The largest absolute Gasteiger partial charge is 0.368 e. The molecule has 4 aliphatic heterocycles. The number of carbonyl (C=O) groups excluding carboxylic acids is 3. The minimum absolute atomic E-state index is 0.0159. The highest BCUT2D eigenvalue weighted by molar-refractivity contribution is 7.83. The van der Waals surface area contributed by atoms with E-state index in [0.29, 0.717) is 35.7 Å². The zero-order chi connectivity index (χ0) is 41.1. The Labute approximate surface area is 343 Å². The molecule has 4 aromatic rings. The van der Waals surface area contributed by atoms with E-state index in [0.717, 1.165) is 99.3 Å². The first-order chi connectivity index (χ1) is 28.0. The first-order valence-electron chi connectivity index (χ1n) is 20.7. The number of hydrogen-bond donors (Lipinski definition) is 3. The number of hydrogen-bond acceptors (Lipinski definition) is 11. The maximum atomic E-state index is 13.0. The van der Waals surface area contributed by atoms with E-state index in [4.69, 9.17) is 9.97 Å². The number of amides is 3. The van der Waals surface area contributed by atoms with Crippen LogP contribution in [0.1, 0.15) is 88.3 Å². The van der Waals surface area contributed by atoms with Crippen LogP contribution in [0.5, 0.6) is 0 Å². The number of aromatic nitrogens is 4. The molecule has 1 atom stereocenters. The van der Waals surface area contributed by atoms with E-state index in [9.17, 15) is 18.6 Å². The summed E-state index contributed by atoms with van der Waals surface area (Å²) in [5.41, 5.74) is 5.31. The van der Waals surface area contributed by atoms with E-state index in [1.807, 2.05) is 58.2 Å². The zero-order valence-corrected chi connectivity index (χ0v) is 35.4. The molecule has 1 unspecified atom stereocenters. The number of pyridine rings is 1. The molecule has 1 aliphatic carbocycles. The Hall–Kier alpha value is -5.09. The van der Waals surface area contributed by atoms with Crippen molar-refractivity contribution in [2.24, 2.45) is 0 Å². The molecule has 0 radical (unpaired) electrons. The summed E-state index contributed by atoms with van der Waals surface area (Å²) in [6.07, 6.45) is 9.44. The standard InChI is InChI=1S/C36H44N10O2.C4H7NO2S.C2H6/c1-36(2)31-27(39-34(36)48)10-7-11-28(31)45-21-26(22-45)44-16-14-43(15-17-44)25-12-13-30(37-20-25)40-35-38-19-23-18-29(33(47)42(3)4)46(32(23)41-35)24-8-5-6-9-24;6-4-2-1-3-8(7)5-4;1-2/h7,10-13,18-20,24,26H,5-6,8-9,14-17,21-22H2,1-4H3,(H,39,48)(H,37,38,40,41);1-3H2,(H,5,6);1-2H3. The molecular weight excluding hydrogens is 755 g/mol. The number of rotatable bonds is 7. The van der Waals surface area contributed by atoms with Gasteiger partial charge in [0.1, 0.15) is 28.1 Å². The first kappa shape index (κ1) is 41.1. The van der Waals surface area contributed by atoms with Crippen molar-refractivity contribution in [2.75, 3.05) is 79.6 Å². The zero-order valence-electron chi connectivity index (χ0n) is 34.6. The number of piperazine rings is 1. The van der Waals surface area contributed by atoms with Gasteiger partial charge in [-0.2, -0.15) is 4.98 Å². The summed E-state index contributed by atoms with van der Waals surface area (Å²) >= 11 is 0. The van der Waals surface area contributed by atoms with Crippen LogP contribution in [0.2, 0.25) is 0 Å². The van der Waals surface area contributed by atoms with Crippen molar-refractivity contribution in [3.05, 3.63) is 60.0 Å². The van der Waals surface area contributed by atoms with E-state index < -0.39 is 16.4 Å². The lowest BCUT2D eigenvalue weighted by atomic mass is 9.84. The smallest absolute Gasteiger partial charge is 0.270 e. The van der Waals surface area contributed by atoms with Gasteiger partial charge in [-0.1, -0.05) is 32.8 Å². The maximum Gasteiger partial charge on any atom is 0.270 e. The molecule has 0 spiro atoms. The van der Waals surface area contributed by atoms with Crippen molar-refractivity contribution in [2.45, 2.75) is 83.7 Å². The lowest BCUT2D eigenvalue weighted by molar-refractivity contribution is -0.120. The van der Waals surface area contributed by atoms with Crippen LogP contribution in [0.4, 0.5) is 28.8 Å². The second-order valence-corrected chi connectivity index (χ2v) is 17.4. The molecule has 0 bridgehead atoms. The second-order valence-electron chi connectivity index (χ2n) is 16.1. The van der Waals surface area contributed by atoms with Gasteiger partial charge in [-0.15, -0.1) is 0 Å². The van der Waals surface area contributed by atoms with E-state index >= 15 is 0 Å². The van der Waals surface area contributed by atoms with E-state index in [1.165, 1.54) is 5.69 Å². The van der Waals surface area contributed by atoms with E-state index in [-0.39, 0.29) is 23.8 Å². The van der Waals surface area contributed by atoms with Gasteiger partial charge in [0, 0.05) is 106 Å². The third-order valence-electron chi connectivity index (χ3n) is 11.7. The van der Waals surface area contributed by atoms with Crippen LogP contribution in [0.3, 0.4) is 0 Å². The third kappa shape index (κ3) is 8.39. The quantitative estimate of drug-likeness (QED) is 0.225. The van der Waals surface area contributed by atoms with Crippen LogP contribution in [0.25, 0.3) is 11.0 Å². The monoisotopic (exact) mass is 811 g/mol. The van der Waals surface area contributed by atoms with Gasteiger partial charge in [-0.25, -0.2) is 14.2 Å². The van der Waals surface area contributed by atoms with Crippen molar-refractivity contribution in [1.29, 1.82) is 0 Å². The summed E-state index contributed by atoms with van der Waals surface area (Å²) in [6.45, 7) is 13.9. The molecule has 5 aliphatic rings. The Morgan fingerprint density at radius 2 is 1.67 bits per heavy atom. The molecule has 58 heavy (non-hydrogen) atoms. The number of nitrogens with zero attached hydrogens (tertiary/aromatic N) is 8. The average molecular weight is 812 g/mol. The molecule has 7 heterocycles. The van der Waals surface area contributed by atoms with Crippen molar-refractivity contribution in [3.8, 4) is 0 Å². The normalized spacial score (nSPS) is 20.6. The topological polar surface area (TPSA) is 161 Å². The molecule has 4 fully saturated rings. The second kappa shape index (κ2) is 17.4. The van der Waals surface area contributed by atoms with Gasteiger partial charge in [0.05, 0.1) is 17.3 Å². The van der Waals surface area contributed by atoms with Gasteiger partial charge in [0.15, 0.2) is 0 Å². The highest BCUT2D eigenvalue weighted by atomic mass is 32.2. The highest BCUT2D eigenvalue weighted by Crippen LogP contribution is 2.44. The number of anilines is 5. The number of fused-ring (bicyclic) bond motifs is 2. The molecule has 1 aromatic carbocycles. The van der Waals surface area contributed by atoms with Crippen LogP contribution < -0.4 is 25.2 Å².